The summed E-state index contributed by atoms with van der Waals surface area (Å²) in [6, 6.07) is -0.460. The molecule has 0 aromatic carbocycles. The van der Waals surface area contributed by atoms with Crippen molar-refractivity contribution >= 4 is 45.1 Å². The number of carbonyl (C=O) groups is 2. The lowest BCUT2D eigenvalue weighted by atomic mass is 10.0. The highest BCUT2D eigenvalue weighted by Crippen LogP contribution is 2.40. The van der Waals surface area contributed by atoms with Gasteiger partial charge in [0.1, 0.15) is 22.2 Å². The third-order valence-corrected chi connectivity index (χ3v) is 7.12. The summed E-state index contributed by atoms with van der Waals surface area (Å²) in [5, 5.41) is 2.01. The van der Waals surface area contributed by atoms with Gasteiger partial charge in [0.2, 0.25) is 11.8 Å². The maximum Gasteiger partial charge on any atom is 0.240 e. The molecule has 8 heteroatoms. The Hall–Kier alpha value is -1.67. The molecule has 1 aliphatic heterocycles. The number of thioether (sulfide) groups is 1. The van der Waals surface area contributed by atoms with Crippen LogP contribution in [0.25, 0.3) is 10.2 Å². The van der Waals surface area contributed by atoms with Gasteiger partial charge in [-0.2, -0.15) is 0 Å². The molecule has 2 aromatic heterocycles. The van der Waals surface area contributed by atoms with Crippen molar-refractivity contribution in [1.82, 2.24) is 14.9 Å². The first kappa shape index (κ1) is 16.8. The molecule has 0 radical (unpaired) electrons. The average Bonchev–Trinajstić information content (AvgIpc) is 3.20. The van der Waals surface area contributed by atoms with E-state index in [9.17, 15) is 9.59 Å². The van der Waals surface area contributed by atoms with Crippen LogP contribution in [0.2, 0.25) is 0 Å². The minimum Gasteiger partial charge on any atom is -0.368 e. The smallest absolute Gasteiger partial charge is 0.240 e. The summed E-state index contributed by atoms with van der Waals surface area (Å²) < 4.78 is 0. The number of rotatable bonds is 4. The van der Waals surface area contributed by atoms with Crippen molar-refractivity contribution in [3.05, 3.63) is 16.8 Å². The average molecular weight is 377 g/mol. The van der Waals surface area contributed by atoms with Gasteiger partial charge in [0.25, 0.3) is 0 Å². The molecule has 4 rings (SSSR count). The van der Waals surface area contributed by atoms with Crippen LogP contribution in [0.5, 0.6) is 0 Å². The van der Waals surface area contributed by atoms with Crippen LogP contribution in [0.3, 0.4) is 0 Å². The van der Waals surface area contributed by atoms with Crippen molar-refractivity contribution in [2.45, 2.75) is 49.6 Å². The minimum absolute atomic E-state index is 0.0351. The Morgan fingerprint density at radius 2 is 2.16 bits per heavy atom. The number of piperidine rings is 1. The number of hydrogen-bond donors (Lipinski definition) is 1. The van der Waals surface area contributed by atoms with Crippen molar-refractivity contribution in [1.29, 1.82) is 0 Å². The maximum atomic E-state index is 12.7. The van der Waals surface area contributed by atoms with Crippen molar-refractivity contribution in [3.63, 3.8) is 0 Å². The van der Waals surface area contributed by atoms with Crippen molar-refractivity contribution in [2.24, 2.45) is 5.73 Å². The van der Waals surface area contributed by atoms with Gasteiger partial charge in [-0.1, -0.05) is 11.8 Å². The molecule has 1 aliphatic carbocycles. The second-order valence-corrected chi connectivity index (χ2v) is 8.55. The van der Waals surface area contributed by atoms with E-state index in [1.54, 1.807) is 22.6 Å². The highest BCUT2D eigenvalue weighted by molar-refractivity contribution is 8.00. The van der Waals surface area contributed by atoms with E-state index in [1.807, 2.05) is 0 Å². The predicted molar refractivity (Wildman–Crippen MR) is 98.7 cm³/mol. The zero-order valence-corrected chi connectivity index (χ0v) is 15.5. The molecule has 1 saturated heterocycles. The molecule has 6 nitrogen and oxygen atoms in total. The number of aryl methyl sites for hydroxylation is 2. The molecular weight excluding hydrogens is 356 g/mol. The number of thiophene rings is 1. The van der Waals surface area contributed by atoms with Crippen LogP contribution in [0.1, 0.15) is 36.1 Å². The third kappa shape index (κ3) is 3.13. The molecule has 0 saturated carbocycles. The highest BCUT2D eigenvalue weighted by Gasteiger charge is 2.30. The first-order chi connectivity index (χ1) is 12.1. The second kappa shape index (κ2) is 6.92. The Bertz CT molecular complexity index is 835. The van der Waals surface area contributed by atoms with E-state index in [-0.39, 0.29) is 11.7 Å². The molecule has 2 N–H and O–H groups in total. The van der Waals surface area contributed by atoms with Crippen LogP contribution >= 0.6 is 23.1 Å². The van der Waals surface area contributed by atoms with Gasteiger partial charge in [-0.3, -0.25) is 9.59 Å². The topological polar surface area (TPSA) is 89.2 Å². The fourth-order valence-corrected chi connectivity index (χ4v) is 5.95. The minimum atomic E-state index is -0.460. The molecule has 2 amide bonds. The van der Waals surface area contributed by atoms with Crippen molar-refractivity contribution in [3.8, 4) is 0 Å². The summed E-state index contributed by atoms with van der Waals surface area (Å²) in [5.41, 5.74) is 6.83. The molecule has 1 atom stereocenters. The van der Waals surface area contributed by atoms with E-state index in [4.69, 9.17) is 5.73 Å². The predicted octanol–water partition coefficient (Wildman–Crippen LogP) is 2.14. The number of carbonyl (C=O) groups excluding carboxylic acids is 2. The second-order valence-electron chi connectivity index (χ2n) is 6.51. The van der Waals surface area contributed by atoms with Gasteiger partial charge in [0.05, 0.1) is 5.75 Å². The summed E-state index contributed by atoms with van der Waals surface area (Å²) in [6.07, 6.45) is 7.49. The summed E-state index contributed by atoms with van der Waals surface area (Å²) in [7, 11) is 0. The molecule has 132 valence electrons. The fraction of sp³-hybridized carbons (Fsp3) is 0.529. The number of aromatic nitrogens is 2. The van der Waals surface area contributed by atoms with Gasteiger partial charge in [-0.25, -0.2) is 9.97 Å². The molecular formula is C17H20N4O2S2. The van der Waals surface area contributed by atoms with Crippen LogP contribution in [0.4, 0.5) is 0 Å². The van der Waals surface area contributed by atoms with Crippen LogP contribution in [0, 0.1) is 0 Å². The lowest BCUT2D eigenvalue weighted by Crippen LogP contribution is -2.51. The molecule has 0 bridgehead atoms. The lowest BCUT2D eigenvalue weighted by Gasteiger charge is -2.33. The van der Waals surface area contributed by atoms with E-state index >= 15 is 0 Å². The number of nitrogens with two attached hydrogens (primary N) is 1. The number of amides is 2. The van der Waals surface area contributed by atoms with Gasteiger partial charge in [-0.05, 0) is 44.1 Å². The Balaban J connectivity index is 1.52. The molecule has 2 aromatic rings. The Labute approximate surface area is 154 Å². The van der Waals surface area contributed by atoms with Crippen LogP contribution < -0.4 is 5.73 Å². The normalized spacial score (nSPS) is 20.0. The third-order valence-electron chi connectivity index (χ3n) is 4.95. The summed E-state index contributed by atoms with van der Waals surface area (Å²) in [4.78, 5) is 37.2. The van der Waals surface area contributed by atoms with E-state index in [0.717, 1.165) is 40.9 Å². The van der Waals surface area contributed by atoms with Gasteiger partial charge >= 0.3 is 0 Å². The van der Waals surface area contributed by atoms with Gasteiger partial charge < -0.3 is 10.6 Å². The van der Waals surface area contributed by atoms with E-state index in [1.165, 1.54) is 28.6 Å². The van der Waals surface area contributed by atoms with Gasteiger partial charge in [0.15, 0.2) is 0 Å². The maximum absolute atomic E-state index is 12.7. The number of fused-ring (bicyclic) bond motifs is 3. The quantitative estimate of drug-likeness (QED) is 0.652. The zero-order chi connectivity index (χ0) is 17.4. The van der Waals surface area contributed by atoms with Crippen molar-refractivity contribution < 1.29 is 9.59 Å². The molecule has 25 heavy (non-hydrogen) atoms. The summed E-state index contributed by atoms with van der Waals surface area (Å²) >= 11 is 3.19. The monoisotopic (exact) mass is 376 g/mol. The number of nitrogens with zero attached hydrogens (tertiary/aromatic N) is 3. The number of likely N-dealkylation sites (tertiary alicyclic amines) is 1. The fourth-order valence-electron chi connectivity index (χ4n) is 3.75. The molecule has 3 heterocycles. The van der Waals surface area contributed by atoms with Crippen LogP contribution in [-0.4, -0.2) is 45.0 Å². The number of hydrogen-bond acceptors (Lipinski definition) is 6. The molecule has 0 spiro atoms. The van der Waals surface area contributed by atoms with Crippen LogP contribution in [0.15, 0.2) is 11.4 Å². The van der Waals surface area contributed by atoms with Crippen molar-refractivity contribution in [2.75, 3.05) is 12.3 Å². The molecule has 2 aliphatic rings. The SMILES string of the molecule is NC(=O)[C@H]1CCCCN1C(=O)CSc1ncnc2sc3c(c12)CCC3. The Morgan fingerprint density at radius 1 is 1.28 bits per heavy atom. The van der Waals surface area contributed by atoms with E-state index in [2.05, 4.69) is 9.97 Å². The zero-order valence-electron chi connectivity index (χ0n) is 13.9. The standard InChI is InChI=1S/C17H20N4O2S2/c18-15(23)11-5-1-2-7-21(11)13(22)8-24-16-14-10-4-3-6-12(10)25-17(14)20-9-19-16/h9,11H,1-8H2,(H2,18,23)/t11-/m1/s1. The highest BCUT2D eigenvalue weighted by atomic mass is 32.2. The summed E-state index contributed by atoms with van der Waals surface area (Å²) in [6.45, 7) is 0.611. The Kier molecular flexibility index (Phi) is 4.64. The van der Waals surface area contributed by atoms with Gasteiger partial charge in [0, 0.05) is 16.8 Å². The lowest BCUT2D eigenvalue weighted by molar-refractivity contribution is -0.138. The Morgan fingerprint density at radius 3 is 3.00 bits per heavy atom. The first-order valence-corrected chi connectivity index (χ1v) is 10.4. The first-order valence-electron chi connectivity index (χ1n) is 8.62. The number of primary amides is 1. The van der Waals surface area contributed by atoms with Gasteiger partial charge in [-0.15, -0.1) is 11.3 Å². The summed E-state index contributed by atoms with van der Waals surface area (Å²) in [5.74, 6) is -0.161. The largest absolute Gasteiger partial charge is 0.368 e. The van der Waals surface area contributed by atoms with E-state index in [0.29, 0.717) is 13.0 Å². The molecule has 1 fully saturated rings. The van der Waals surface area contributed by atoms with Crippen LogP contribution in [-0.2, 0) is 22.4 Å². The van der Waals surface area contributed by atoms with E-state index < -0.39 is 11.9 Å². The molecule has 0 unspecified atom stereocenters.